The molecular formula is C30H31ClN2O5. The molecule has 1 saturated heterocycles. The number of piperidine rings is 1. The van der Waals surface area contributed by atoms with Crippen molar-refractivity contribution < 1.29 is 24.5 Å². The van der Waals surface area contributed by atoms with Gasteiger partial charge in [-0.15, -0.1) is 0 Å². The van der Waals surface area contributed by atoms with Crippen molar-refractivity contribution in [2.75, 3.05) is 19.6 Å². The lowest BCUT2D eigenvalue weighted by molar-refractivity contribution is -0.616. The average molecular weight is 535 g/mol. The van der Waals surface area contributed by atoms with Crippen molar-refractivity contribution in [3.8, 4) is 5.75 Å². The summed E-state index contributed by atoms with van der Waals surface area (Å²) in [6.45, 7) is 6.45. The summed E-state index contributed by atoms with van der Waals surface area (Å²) in [4.78, 5) is 14.0. The molecule has 0 spiro atoms. The number of likely N-dealkylation sites (tertiary alicyclic amines) is 1. The summed E-state index contributed by atoms with van der Waals surface area (Å²) >= 11 is 6.07. The van der Waals surface area contributed by atoms with Crippen LogP contribution < -0.4 is 9.47 Å². The van der Waals surface area contributed by atoms with Crippen molar-refractivity contribution in [1.82, 2.24) is 4.90 Å². The summed E-state index contributed by atoms with van der Waals surface area (Å²) < 4.78 is 6.72. The first-order valence-electron chi connectivity index (χ1n) is 12.7. The molecular weight excluding hydrogens is 504 g/mol. The van der Waals surface area contributed by atoms with E-state index in [0.29, 0.717) is 41.4 Å². The SMILES string of the molecule is CC1(C)CN(CCC=C2c3cc(C(=O)O)ccc3OCc3c2ccc[n+]3[O-])CC[C@]1(O)c1ccc(Cl)cc1. The van der Waals surface area contributed by atoms with Crippen LogP contribution in [0.2, 0.25) is 5.02 Å². The summed E-state index contributed by atoms with van der Waals surface area (Å²) in [5.41, 5.74) is 2.34. The Labute approximate surface area is 227 Å². The van der Waals surface area contributed by atoms with Crippen LogP contribution in [-0.4, -0.2) is 40.7 Å². The predicted octanol–water partition coefficient (Wildman–Crippen LogP) is 5.01. The third-order valence-electron chi connectivity index (χ3n) is 7.88. The van der Waals surface area contributed by atoms with Gasteiger partial charge in [0.2, 0.25) is 5.69 Å². The van der Waals surface area contributed by atoms with E-state index < -0.39 is 17.0 Å². The summed E-state index contributed by atoms with van der Waals surface area (Å²) in [7, 11) is 0. The van der Waals surface area contributed by atoms with Crippen molar-refractivity contribution >= 4 is 23.1 Å². The van der Waals surface area contributed by atoms with Gasteiger partial charge in [0.05, 0.1) is 16.7 Å². The maximum Gasteiger partial charge on any atom is 0.335 e. The van der Waals surface area contributed by atoms with Crippen LogP contribution in [0.15, 0.2) is 66.9 Å². The smallest absolute Gasteiger partial charge is 0.335 e. The quantitative estimate of drug-likeness (QED) is 0.353. The van der Waals surface area contributed by atoms with Gasteiger partial charge in [-0.05, 0) is 60.4 Å². The normalized spacial score (nSPS) is 21.7. The summed E-state index contributed by atoms with van der Waals surface area (Å²) in [5.74, 6) is -0.475. The van der Waals surface area contributed by atoms with Crippen LogP contribution in [0.25, 0.3) is 5.57 Å². The highest BCUT2D eigenvalue weighted by Gasteiger charge is 2.48. The Balaban J connectivity index is 1.40. The highest BCUT2D eigenvalue weighted by atomic mass is 35.5. The van der Waals surface area contributed by atoms with E-state index in [-0.39, 0.29) is 12.2 Å². The van der Waals surface area contributed by atoms with Gasteiger partial charge in [-0.1, -0.05) is 43.7 Å². The van der Waals surface area contributed by atoms with Crippen molar-refractivity contribution in [3.05, 3.63) is 105 Å². The van der Waals surface area contributed by atoms with Crippen LogP contribution in [0.1, 0.15) is 59.4 Å². The fourth-order valence-electron chi connectivity index (χ4n) is 5.69. The molecule has 3 aromatic rings. The highest BCUT2D eigenvalue weighted by Crippen LogP contribution is 2.46. The minimum absolute atomic E-state index is 0.0972. The summed E-state index contributed by atoms with van der Waals surface area (Å²) in [6.07, 6.45) is 4.77. The lowest BCUT2D eigenvalue weighted by atomic mass is 9.66. The second-order valence-corrected chi connectivity index (χ2v) is 11.1. The molecule has 2 aliphatic rings. The minimum Gasteiger partial charge on any atom is -0.618 e. The van der Waals surface area contributed by atoms with Crippen LogP contribution in [0, 0.1) is 10.6 Å². The number of carboxylic acids is 1. The Morgan fingerprint density at radius 3 is 2.66 bits per heavy atom. The van der Waals surface area contributed by atoms with E-state index in [1.54, 1.807) is 18.2 Å². The topological polar surface area (TPSA) is 96.9 Å². The van der Waals surface area contributed by atoms with Crippen LogP contribution in [0.3, 0.4) is 0 Å². The molecule has 2 N–H and O–H groups in total. The maximum atomic E-state index is 12.6. The summed E-state index contributed by atoms with van der Waals surface area (Å²) in [6, 6.07) is 15.8. The number of rotatable bonds is 5. The first-order valence-corrected chi connectivity index (χ1v) is 13.1. The van der Waals surface area contributed by atoms with E-state index in [4.69, 9.17) is 16.3 Å². The van der Waals surface area contributed by atoms with E-state index in [2.05, 4.69) is 24.8 Å². The molecule has 2 aromatic carbocycles. The standard InChI is InChI=1S/C30H31ClN2O5/c1-29(2)19-32(16-13-30(29,36)21-8-10-22(31)11-9-21)14-3-5-23-24-6-4-15-33(37)26(24)18-38-27-12-7-20(28(34)35)17-25(23)27/h4-12,15,17,36H,3,13-14,16,18-19H2,1-2H3,(H,34,35)/t30-/m0/s1. The van der Waals surface area contributed by atoms with E-state index in [0.717, 1.165) is 34.5 Å². The van der Waals surface area contributed by atoms with Crippen LogP contribution >= 0.6 is 11.6 Å². The number of halogens is 1. The number of benzene rings is 2. The molecule has 3 heterocycles. The molecule has 0 aliphatic carbocycles. The molecule has 7 nitrogen and oxygen atoms in total. The number of aromatic nitrogens is 1. The van der Waals surface area contributed by atoms with Crippen LogP contribution in [0.4, 0.5) is 0 Å². The first-order chi connectivity index (χ1) is 18.1. The number of aromatic carboxylic acids is 1. The third-order valence-corrected chi connectivity index (χ3v) is 8.13. The van der Waals surface area contributed by atoms with E-state index in [1.165, 1.54) is 12.3 Å². The van der Waals surface area contributed by atoms with Crippen LogP contribution in [0.5, 0.6) is 5.75 Å². The van der Waals surface area contributed by atoms with Gasteiger partial charge in [-0.25, -0.2) is 4.79 Å². The second-order valence-electron chi connectivity index (χ2n) is 10.7. The fourth-order valence-corrected chi connectivity index (χ4v) is 5.82. The molecule has 5 rings (SSSR count). The zero-order chi connectivity index (χ0) is 27.1. The van der Waals surface area contributed by atoms with Gasteiger partial charge in [-0.3, -0.25) is 0 Å². The predicted molar refractivity (Wildman–Crippen MR) is 145 cm³/mol. The van der Waals surface area contributed by atoms with Gasteiger partial charge in [-0.2, -0.15) is 4.73 Å². The first kappa shape index (κ1) is 26.2. The molecule has 1 atom stereocenters. The number of hydrogen-bond acceptors (Lipinski definition) is 5. The van der Waals surface area contributed by atoms with Crippen LogP contribution in [-0.2, 0) is 12.2 Å². The fraction of sp³-hybridized carbons (Fsp3) is 0.333. The molecule has 8 heteroatoms. The van der Waals surface area contributed by atoms with Gasteiger partial charge < -0.3 is 25.1 Å². The lowest BCUT2D eigenvalue weighted by Crippen LogP contribution is -2.55. The Kier molecular flexibility index (Phi) is 6.94. The number of pyridine rings is 1. The monoisotopic (exact) mass is 534 g/mol. The number of carbonyl (C=O) groups is 1. The molecule has 1 aromatic heterocycles. The van der Waals surface area contributed by atoms with Gasteiger partial charge in [0.15, 0.2) is 12.8 Å². The Morgan fingerprint density at radius 2 is 1.95 bits per heavy atom. The number of fused-ring (bicyclic) bond motifs is 2. The number of hydrogen-bond donors (Lipinski definition) is 2. The van der Waals surface area contributed by atoms with E-state index >= 15 is 0 Å². The number of carboxylic acid groups (broad SMARTS) is 1. The molecule has 0 radical (unpaired) electrons. The van der Waals surface area contributed by atoms with E-state index in [1.807, 2.05) is 30.3 Å². The number of aliphatic hydroxyl groups is 1. The Hall–Kier alpha value is -3.39. The molecule has 2 aliphatic heterocycles. The summed E-state index contributed by atoms with van der Waals surface area (Å²) in [5, 5.41) is 34.4. The Morgan fingerprint density at radius 1 is 1.18 bits per heavy atom. The van der Waals surface area contributed by atoms with Gasteiger partial charge in [0.25, 0.3) is 0 Å². The Bertz CT molecular complexity index is 1400. The van der Waals surface area contributed by atoms with Crippen molar-refractivity contribution in [3.63, 3.8) is 0 Å². The van der Waals surface area contributed by atoms with Crippen molar-refractivity contribution in [2.45, 2.75) is 38.9 Å². The van der Waals surface area contributed by atoms with Gasteiger partial charge in [0.1, 0.15) is 5.75 Å². The lowest BCUT2D eigenvalue weighted by Gasteiger charge is -2.50. The van der Waals surface area contributed by atoms with Gasteiger partial charge >= 0.3 is 5.97 Å². The molecule has 0 unspecified atom stereocenters. The van der Waals surface area contributed by atoms with Crippen molar-refractivity contribution in [1.29, 1.82) is 0 Å². The zero-order valence-electron chi connectivity index (χ0n) is 21.5. The third kappa shape index (κ3) is 4.77. The molecule has 198 valence electrons. The zero-order valence-corrected chi connectivity index (χ0v) is 22.2. The minimum atomic E-state index is -1.02. The van der Waals surface area contributed by atoms with E-state index in [9.17, 15) is 20.2 Å². The largest absolute Gasteiger partial charge is 0.618 e. The molecule has 0 saturated carbocycles. The molecule has 0 amide bonds. The molecule has 38 heavy (non-hydrogen) atoms. The highest BCUT2D eigenvalue weighted by molar-refractivity contribution is 6.30. The molecule has 1 fully saturated rings. The molecule has 0 bridgehead atoms. The number of ether oxygens (including phenoxy) is 1. The number of nitrogens with zero attached hydrogens (tertiary/aromatic N) is 2. The average Bonchev–Trinajstić information content (AvgIpc) is 3.04. The maximum absolute atomic E-state index is 12.6. The van der Waals surface area contributed by atoms with Gasteiger partial charge in [0, 0.05) is 41.7 Å². The second kappa shape index (κ2) is 10.1. The van der Waals surface area contributed by atoms with Crippen molar-refractivity contribution in [2.24, 2.45) is 5.41 Å².